The third-order valence-electron chi connectivity index (χ3n) is 2.01. The molecule has 0 saturated carbocycles. The second kappa shape index (κ2) is 4.15. The van der Waals surface area contributed by atoms with Crippen LogP contribution in [0.5, 0.6) is 11.5 Å². The molecule has 74 valence electrons. The summed E-state index contributed by atoms with van der Waals surface area (Å²) in [5.74, 6) is 1.64. The smallest absolute Gasteiger partial charge is 0.161 e. The molecule has 0 aliphatic carbocycles. The Morgan fingerprint density at radius 3 is 2.79 bits per heavy atom. The van der Waals surface area contributed by atoms with Crippen LogP contribution >= 0.6 is 0 Å². The van der Waals surface area contributed by atoms with Crippen LogP contribution in [-0.4, -0.2) is 19.8 Å². The first-order chi connectivity index (χ1) is 6.90. The summed E-state index contributed by atoms with van der Waals surface area (Å²) in [6, 6.07) is 5.87. The summed E-state index contributed by atoms with van der Waals surface area (Å²) in [7, 11) is 0. The van der Waals surface area contributed by atoms with E-state index in [9.17, 15) is 0 Å². The molecular weight excluding hydrogens is 178 g/mol. The molecule has 0 saturated heterocycles. The normalized spacial score (nSPS) is 14.6. The van der Waals surface area contributed by atoms with E-state index in [-0.39, 0.29) is 0 Å². The molecule has 1 heterocycles. The van der Waals surface area contributed by atoms with Crippen molar-refractivity contribution in [2.24, 2.45) is 5.73 Å². The molecule has 3 heteroatoms. The number of fused-ring (bicyclic) bond motifs is 1. The van der Waals surface area contributed by atoms with Gasteiger partial charge in [0.25, 0.3) is 0 Å². The highest BCUT2D eigenvalue weighted by atomic mass is 16.6. The summed E-state index contributed by atoms with van der Waals surface area (Å²) in [5.41, 5.74) is 6.45. The van der Waals surface area contributed by atoms with Gasteiger partial charge in [-0.1, -0.05) is 18.2 Å². The Morgan fingerprint density at radius 1 is 1.21 bits per heavy atom. The third-order valence-corrected chi connectivity index (χ3v) is 2.01. The lowest BCUT2D eigenvalue weighted by atomic mass is 10.2. The van der Waals surface area contributed by atoms with E-state index >= 15 is 0 Å². The number of hydrogen-bond donors (Lipinski definition) is 1. The van der Waals surface area contributed by atoms with E-state index < -0.39 is 0 Å². The minimum Gasteiger partial charge on any atom is -0.486 e. The minimum atomic E-state index is 0.550. The highest BCUT2D eigenvalue weighted by Crippen LogP contribution is 2.30. The molecule has 1 aliphatic heterocycles. The summed E-state index contributed by atoms with van der Waals surface area (Å²) in [4.78, 5) is 0. The molecule has 2 rings (SSSR count). The average Bonchev–Trinajstić information content (AvgIpc) is 2.26. The van der Waals surface area contributed by atoms with E-state index in [0.29, 0.717) is 19.8 Å². The van der Waals surface area contributed by atoms with Crippen LogP contribution in [0.25, 0.3) is 6.08 Å². The van der Waals surface area contributed by atoms with Gasteiger partial charge in [0, 0.05) is 6.54 Å². The number of rotatable bonds is 2. The Labute approximate surface area is 83.1 Å². The van der Waals surface area contributed by atoms with E-state index in [1.54, 1.807) is 0 Å². The second-order valence-electron chi connectivity index (χ2n) is 3.04. The molecule has 0 fully saturated rings. The Balaban J connectivity index is 2.24. The van der Waals surface area contributed by atoms with Gasteiger partial charge in [-0.3, -0.25) is 0 Å². The van der Waals surface area contributed by atoms with Crippen molar-refractivity contribution >= 4 is 6.08 Å². The zero-order chi connectivity index (χ0) is 9.80. The van der Waals surface area contributed by atoms with Gasteiger partial charge >= 0.3 is 0 Å². The average molecular weight is 191 g/mol. The fraction of sp³-hybridized carbons (Fsp3) is 0.273. The first-order valence-corrected chi connectivity index (χ1v) is 4.66. The van der Waals surface area contributed by atoms with Crippen molar-refractivity contribution in [1.29, 1.82) is 0 Å². The van der Waals surface area contributed by atoms with Crippen LogP contribution in [0.1, 0.15) is 5.56 Å². The third kappa shape index (κ3) is 1.88. The number of nitrogens with two attached hydrogens (primary N) is 1. The zero-order valence-corrected chi connectivity index (χ0v) is 7.90. The van der Waals surface area contributed by atoms with Crippen LogP contribution in [0, 0.1) is 0 Å². The van der Waals surface area contributed by atoms with Crippen molar-refractivity contribution in [3.63, 3.8) is 0 Å². The topological polar surface area (TPSA) is 44.5 Å². The summed E-state index contributed by atoms with van der Waals surface area (Å²) < 4.78 is 10.9. The Bertz CT molecular complexity index is 347. The molecule has 0 amide bonds. The van der Waals surface area contributed by atoms with Crippen molar-refractivity contribution in [2.45, 2.75) is 0 Å². The molecule has 3 nitrogen and oxygen atoms in total. The van der Waals surface area contributed by atoms with Crippen molar-refractivity contribution in [2.75, 3.05) is 19.8 Å². The number of benzene rings is 1. The number of hydrogen-bond acceptors (Lipinski definition) is 3. The van der Waals surface area contributed by atoms with Crippen LogP contribution in [0.3, 0.4) is 0 Å². The Morgan fingerprint density at radius 2 is 2.00 bits per heavy atom. The summed E-state index contributed by atoms with van der Waals surface area (Å²) in [6.45, 7) is 1.80. The fourth-order valence-electron chi connectivity index (χ4n) is 1.37. The maximum atomic E-state index is 5.45. The lowest BCUT2D eigenvalue weighted by Crippen LogP contribution is -2.15. The molecule has 2 N–H and O–H groups in total. The van der Waals surface area contributed by atoms with Gasteiger partial charge < -0.3 is 15.2 Å². The Kier molecular flexibility index (Phi) is 2.70. The fourth-order valence-corrected chi connectivity index (χ4v) is 1.37. The zero-order valence-electron chi connectivity index (χ0n) is 7.90. The van der Waals surface area contributed by atoms with Crippen LogP contribution in [-0.2, 0) is 0 Å². The summed E-state index contributed by atoms with van der Waals surface area (Å²) in [5, 5.41) is 0. The molecular formula is C11H13NO2. The van der Waals surface area contributed by atoms with Crippen molar-refractivity contribution < 1.29 is 9.47 Å². The quantitative estimate of drug-likeness (QED) is 0.769. The SMILES string of the molecule is NC/C=C/c1ccc2c(c1)OCCO2. The minimum absolute atomic E-state index is 0.550. The van der Waals surface area contributed by atoms with E-state index in [2.05, 4.69) is 0 Å². The maximum Gasteiger partial charge on any atom is 0.161 e. The molecule has 0 radical (unpaired) electrons. The van der Waals surface area contributed by atoms with Crippen molar-refractivity contribution in [1.82, 2.24) is 0 Å². The molecule has 0 aromatic heterocycles. The van der Waals surface area contributed by atoms with Gasteiger partial charge in [0.2, 0.25) is 0 Å². The highest BCUT2D eigenvalue weighted by Gasteiger charge is 2.10. The first kappa shape index (κ1) is 9.09. The molecule has 1 aromatic carbocycles. The summed E-state index contributed by atoms with van der Waals surface area (Å²) >= 11 is 0. The van der Waals surface area contributed by atoms with Gasteiger partial charge in [0.1, 0.15) is 13.2 Å². The van der Waals surface area contributed by atoms with E-state index in [1.165, 1.54) is 0 Å². The maximum absolute atomic E-state index is 5.45. The standard InChI is InChI=1S/C11H13NO2/c12-5-1-2-9-3-4-10-11(8-9)14-7-6-13-10/h1-4,8H,5-7,12H2/b2-1+. The van der Waals surface area contributed by atoms with Gasteiger partial charge in [0.15, 0.2) is 11.5 Å². The predicted molar refractivity (Wildman–Crippen MR) is 55.5 cm³/mol. The van der Waals surface area contributed by atoms with Gasteiger partial charge in [-0.15, -0.1) is 0 Å². The lowest BCUT2D eigenvalue weighted by molar-refractivity contribution is 0.171. The monoisotopic (exact) mass is 191 g/mol. The van der Waals surface area contributed by atoms with Crippen LogP contribution in [0.2, 0.25) is 0 Å². The van der Waals surface area contributed by atoms with Gasteiger partial charge in [0.05, 0.1) is 0 Å². The van der Waals surface area contributed by atoms with E-state index in [4.69, 9.17) is 15.2 Å². The Hall–Kier alpha value is -1.48. The van der Waals surface area contributed by atoms with Gasteiger partial charge in [-0.25, -0.2) is 0 Å². The number of ether oxygens (including phenoxy) is 2. The highest BCUT2D eigenvalue weighted by molar-refractivity contribution is 5.56. The van der Waals surface area contributed by atoms with E-state index in [0.717, 1.165) is 17.1 Å². The van der Waals surface area contributed by atoms with Crippen LogP contribution in [0.15, 0.2) is 24.3 Å². The van der Waals surface area contributed by atoms with Crippen LogP contribution < -0.4 is 15.2 Å². The lowest BCUT2D eigenvalue weighted by Gasteiger charge is -2.18. The largest absolute Gasteiger partial charge is 0.486 e. The first-order valence-electron chi connectivity index (χ1n) is 4.66. The van der Waals surface area contributed by atoms with Crippen molar-refractivity contribution in [3.05, 3.63) is 29.8 Å². The van der Waals surface area contributed by atoms with Gasteiger partial charge in [-0.05, 0) is 17.7 Å². The van der Waals surface area contributed by atoms with Crippen molar-refractivity contribution in [3.8, 4) is 11.5 Å². The molecule has 0 bridgehead atoms. The molecule has 1 aliphatic rings. The van der Waals surface area contributed by atoms with Crippen LogP contribution in [0.4, 0.5) is 0 Å². The molecule has 14 heavy (non-hydrogen) atoms. The predicted octanol–water partition coefficient (Wildman–Crippen LogP) is 1.43. The molecule has 0 atom stereocenters. The second-order valence-corrected chi connectivity index (χ2v) is 3.04. The summed E-state index contributed by atoms with van der Waals surface area (Å²) in [6.07, 6.45) is 3.88. The molecule has 1 aromatic rings. The van der Waals surface area contributed by atoms with E-state index in [1.807, 2.05) is 30.4 Å². The molecule has 0 unspecified atom stereocenters. The molecule has 0 spiro atoms. The van der Waals surface area contributed by atoms with Gasteiger partial charge in [-0.2, -0.15) is 0 Å².